The van der Waals surface area contributed by atoms with Crippen LogP contribution in [0.25, 0.3) is 11.3 Å². The molecule has 28 heavy (non-hydrogen) atoms. The van der Waals surface area contributed by atoms with E-state index in [1.165, 1.54) is 18.2 Å². The second-order valence-electron chi connectivity index (χ2n) is 8.30. The highest BCUT2D eigenvalue weighted by Crippen LogP contribution is 2.69. The van der Waals surface area contributed by atoms with Gasteiger partial charge in [0.05, 0.1) is 28.1 Å². The number of nitrogens with two attached hydrogens (primary N) is 1. The summed E-state index contributed by atoms with van der Waals surface area (Å²) in [5.74, 6) is -0.583. The Bertz CT molecular complexity index is 1090. The first-order chi connectivity index (χ1) is 13.4. The predicted octanol–water partition coefficient (Wildman–Crippen LogP) is 4.60. The Morgan fingerprint density at radius 2 is 1.75 bits per heavy atom. The Morgan fingerprint density at radius 1 is 1.04 bits per heavy atom. The molecule has 4 nitrogen and oxygen atoms in total. The quantitative estimate of drug-likeness (QED) is 0.708. The number of fused-ring (bicyclic) bond motifs is 5. The smallest absolute Gasteiger partial charge is 0.135 e. The molecule has 5 rings (SSSR count). The molecule has 2 N–H and O–H groups in total. The van der Waals surface area contributed by atoms with E-state index in [2.05, 4.69) is 29.0 Å². The Kier molecular flexibility index (Phi) is 3.42. The maximum Gasteiger partial charge on any atom is 0.135 e. The van der Waals surface area contributed by atoms with Crippen LogP contribution in [0.3, 0.4) is 0 Å². The number of hydrogen-bond acceptors (Lipinski definition) is 4. The maximum atomic E-state index is 14.3. The normalized spacial score (nSPS) is 24.4. The molecule has 1 aromatic carbocycles. The summed E-state index contributed by atoms with van der Waals surface area (Å²) < 4.78 is 28.6. The summed E-state index contributed by atoms with van der Waals surface area (Å²) in [5, 5.41) is 8.74. The lowest BCUT2D eigenvalue weighted by Gasteiger charge is -2.37. The van der Waals surface area contributed by atoms with E-state index in [0.717, 1.165) is 29.8 Å². The van der Waals surface area contributed by atoms with E-state index in [-0.39, 0.29) is 22.6 Å². The van der Waals surface area contributed by atoms with Gasteiger partial charge in [-0.05, 0) is 60.1 Å². The molecule has 0 radical (unpaired) electrons. The molecule has 2 atom stereocenters. The van der Waals surface area contributed by atoms with Crippen LogP contribution in [0.5, 0.6) is 0 Å². The summed E-state index contributed by atoms with van der Waals surface area (Å²) in [4.78, 5) is 4.62. The van der Waals surface area contributed by atoms with Crippen molar-refractivity contribution in [1.82, 2.24) is 15.2 Å². The Hall–Kier alpha value is -2.89. The maximum absolute atomic E-state index is 14.3. The van der Waals surface area contributed by atoms with Gasteiger partial charge < -0.3 is 5.73 Å². The topological polar surface area (TPSA) is 64.7 Å². The highest BCUT2D eigenvalue weighted by atomic mass is 19.1. The van der Waals surface area contributed by atoms with Crippen molar-refractivity contribution in [3.8, 4) is 11.3 Å². The van der Waals surface area contributed by atoms with Crippen LogP contribution in [0.2, 0.25) is 0 Å². The zero-order chi connectivity index (χ0) is 19.7. The Labute approximate surface area is 161 Å². The third-order valence-electron chi connectivity index (χ3n) is 6.81. The fraction of sp³-hybridized carbons (Fsp3) is 0.318. The molecule has 6 heteroatoms. The molecule has 142 valence electrons. The average molecular weight is 378 g/mol. The van der Waals surface area contributed by atoms with Crippen molar-refractivity contribution < 1.29 is 8.78 Å². The predicted molar refractivity (Wildman–Crippen MR) is 103 cm³/mol. The van der Waals surface area contributed by atoms with Gasteiger partial charge in [0.1, 0.15) is 17.5 Å². The molecule has 0 unspecified atom stereocenters. The van der Waals surface area contributed by atoms with E-state index < -0.39 is 17.0 Å². The van der Waals surface area contributed by atoms with Gasteiger partial charge in [-0.15, -0.1) is 5.10 Å². The molecule has 0 amide bonds. The highest BCUT2D eigenvalue weighted by molar-refractivity contribution is 5.64. The van der Waals surface area contributed by atoms with Crippen molar-refractivity contribution in [2.24, 2.45) is 5.41 Å². The van der Waals surface area contributed by atoms with Gasteiger partial charge in [-0.25, -0.2) is 13.8 Å². The number of halogens is 2. The summed E-state index contributed by atoms with van der Waals surface area (Å²) in [6.07, 6.45) is 1.86. The van der Waals surface area contributed by atoms with Crippen LogP contribution in [0, 0.1) is 17.0 Å². The molecule has 0 spiro atoms. The van der Waals surface area contributed by atoms with Crippen molar-refractivity contribution in [3.05, 3.63) is 71.1 Å². The molecule has 0 aliphatic heterocycles. The van der Waals surface area contributed by atoms with Gasteiger partial charge >= 0.3 is 0 Å². The van der Waals surface area contributed by atoms with Crippen molar-refractivity contribution >= 4 is 5.82 Å². The van der Waals surface area contributed by atoms with Gasteiger partial charge in [-0.3, -0.25) is 0 Å². The second kappa shape index (κ2) is 5.56. The monoisotopic (exact) mass is 378 g/mol. The minimum atomic E-state index is -0.635. The zero-order valence-corrected chi connectivity index (χ0v) is 15.7. The number of hydrogen-bond donors (Lipinski definition) is 1. The van der Waals surface area contributed by atoms with E-state index in [0.29, 0.717) is 5.82 Å². The van der Waals surface area contributed by atoms with Gasteiger partial charge in [0.15, 0.2) is 0 Å². The minimum absolute atomic E-state index is 0.130. The molecule has 2 bridgehead atoms. The molecular weight excluding hydrogens is 358 g/mol. The van der Waals surface area contributed by atoms with Crippen molar-refractivity contribution in [2.45, 2.75) is 38.0 Å². The number of rotatable bonds is 2. The third kappa shape index (κ3) is 2.00. The van der Waals surface area contributed by atoms with Crippen molar-refractivity contribution in [1.29, 1.82) is 0 Å². The molecule has 1 fully saturated rings. The Morgan fingerprint density at radius 3 is 2.46 bits per heavy atom. The van der Waals surface area contributed by atoms with Gasteiger partial charge in [-0.1, -0.05) is 26.0 Å². The largest absolute Gasteiger partial charge is 0.384 e. The minimum Gasteiger partial charge on any atom is -0.384 e. The summed E-state index contributed by atoms with van der Waals surface area (Å²) in [6, 6.07) is 11.3. The van der Waals surface area contributed by atoms with E-state index in [1.54, 1.807) is 6.07 Å². The molecule has 1 saturated carbocycles. The number of pyridine rings is 1. The van der Waals surface area contributed by atoms with Crippen LogP contribution in [-0.4, -0.2) is 15.2 Å². The lowest BCUT2D eigenvalue weighted by atomic mass is 9.66. The first kappa shape index (κ1) is 17.2. The van der Waals surface area contributed by atoms with Crippen LogP contribution in [0.15, 0.2) is 42.5 Å². The lowest BCUT2D eigenvalue weighted by Crippen LogP contribution is -2.37. The summed E-state index contributed by atoms with van der Waals surface area (Å²) >= 11 is 0. The van der Waals surface area contributed by atoms with Crippen LogP contribution >= 0.6 is 0 Å². The van der Waals surface area contributed by atoms with E-state index >= 15 is 0 Å². The number of nitrogens with zero attached hydrogens (tertiary/aromatic N) is 3. The van der Waals surface area contributed by atoms with Crippen molar-refractivity contribution in [2.75, 3.05) is 5.73 Å². The number of benzene rings is 1. The molecule has 0 saturated heterocycles. The first-order valence-corrected chi connectivity index (χ1v) is 9.42. The van der Waals surface area contributed by atoms with E-state index in [4.69, 9.17) is 5.73 Å². The van der Waals surface area contributed by atoms with E-state index in [1.807, 2.05) is 18.2 Å². The highest BCUT2D eigenvalue weighted by Gasteiger charge is 2.65. The van der Waals surface area contributed by atoms with Crippen LogP contribution in [0.4, 0.5) is 14.6 Å². The molecule has 3 aromatic rings. The molecule has 2 aliphatic carbocycles. The molecule has 2 aliphatic rings. The number of aromatic nitrogens is 3. The van der Waals surface area contributed by atoms with E-state index in [9.17, 15) is 8.78 Å². The van der Waals surface area contributed by atoms with Gasteiger partial charge in [-0.2, -0.15) is 5.10 Å². The standard InChI is InChI=1S/C22H20F2N4/c1-21(2)13-9-10-22(21,17-7-4-8-18(25)26-17)20-12(13)11-16(27-28-20)19-14(23)5-3-6-15(19)24/h3-8,11,13H,9-10H2,1-2H3,(H2,25,26)/t13-,22-/m0/s1. The van der Waals surface area contributed by atoms with Crippen LogP contribution in [0.1, 0.15) is 49.6 Å². The fourth-order valence-electron chi connectivity index (χ4n) is 5.45. The van der Waals surface area contributed by atoms with Gasteiger partial charge in [0.2, 0.25) is 0 Å². The summed E-state index contributed by atoms with van der Waals surface area (Å²) in [7, 11) is 0. The van der Waals surface area contributed by atoms with Gasteiger partial charge in [0.25, 0.3) is 0 Å². The average Bonchev–Trinajstić information content (AvgIpc) is 3.03. The Balaban J connectivity index is 1.74. The second-order valence-corrected chi connectivity index (χ2v) is 8.30. The summed E-state index contributed by atoms with van der Waals surface area (Å²) in [6.45, 7) is 4.42. The lowest BCUT2D eigenvalue weighted by molar-refractivity contribution is 0.243. The number of nitrogen functional groups attached to an aromatic ring is 1. The third-order valence-corrected chi connectivity index (χ3v) is 6.81. The fourth-order valence-corrected chi connectivity index (χ4v) is 5.45. The van der Waals surface area contributed by atoms with Crippen LogP contribution in [-0.2, 0) is 5.41 Å². The van der Waals surface area contributed by atoms with Crippen LogP contribution < -0.4 is 5.73 Å². The van der Waals surface area contributed by atoms with Gasteiger partial charge in [0, 0.05) is 0 Å². The summed E-state index contributed by atoms with van der Waals surface area (Å²) in [5.41, 5.74) is 8.26. The molecule has 2 aromatic heterocycles. The molecular formula is C22H20F2N4. The SMILES string of the molecule is CC1(C)[C@H]2CC[C@]1(c1cccc(N)n1)c1nnc(-c3c(F)cccc3F)cc12. The van der Waals surface area contributed by atoms with Crippen molar-refractivity contribution in [3.63, 3.8) is 0 Å². The molecule has 2 heterocycles. The zero-order valence-electron chi connectivity index (χ0n) is 15.7. The number of anilines is 1. The first-order valence-electron chi connectivity index (χ1n) is 9.42.